The van der Waals surface area contributed by atoms with Gasteiger partial charge in [-0.1, -0.05) is 45.0 Å². The molecular weight excluding hydrogens is 388 g/mol. The second-order valence-electron chi connectivity index (χ2n) is 8.55. The van der Waals surface area contributed by atoms with Gasteiger partial charge in [-0.05, 0) is 49.1 Å². The highest BCUT2D eigenvalue weighted by atomic mass is 32.2. The van der Waals surface area contributed by atoms with Crippen LogP contribution in [0.15, 0.2) is 53.4 Å². The van der Waals surface area contributed by atoms with Crippen LogP contribution in [0, 0.1) is 0 Å². The minimum atomic E-state index is -3.86. The summed E-state index contributed by atoms with van der Waals surface area (Å²) >= 11 is 0. The van der Waals surface area contributed by atoms with E-state index in [1.54, 1.807) is 36.4 Å². The molecule has 6 nitrogen and oxygen atoms in total. The minimum Gasteiger partial charge on any atom is -0.476 e. The maximum atomic E-state index is 13.4. The van der Waals surface area contributed by atoms with Crippen molar-refractivity contribution in [3.8, 4) is 5.75 Å². The molecule has 3 rings (SSSR count). The molecule has 2 aromatic carbocycles. The summed E-state index contributed by atoms with van der Waals surface area (Å²) in [4.78, 5) is 12.8. The zero-order valence-corrected chi connectivity index (χ0v) is 18.3. The molecule has 1 aliphatic rings. The maximum Gasteiger partial charge on any atom is 0.264 e. The van der Waals surface area contributed by atoms with E-state index < -0.39 is 16.1 Å². The average molecular weight is 417 g/mol. The van der Waals surface area contributed by atoms with E-state index in [2.05, 4.69) is 26.1 Å². The Kier molecular flexibility index (Phi) is 5.63. The molecule has 29 heavy (non-hydrogen) atoms. The fraction of sp³-hybridized carbons (Fsp3) is 0.409. The summed E-state index contributed by atoms with van der Waals surface area (Å²) in [6.07, 6.45) is -0.927. The number of amides is 1. The number of nitrogens with one attached hydrogen (secondary N) is 1. The average Bonchev–Trinajstić information content (AvgIpc) is 2.66. The van der Waals surface area contributed by atoms with Crippen molar-refractivity contribution >= 4 is 21.6 Å². The molecule has 0 bridgehead atoms. The van der Waals surface area contributed by atoms with Crippen LogP contribution in [0.5, 0.6) is 5.75 Å². The number of hydrogen-bond acceptors (Lipinski definition) is 4. The Balaban J connectivity index is 2.11. The summed E-state index contributed by atoms with van der Waals surface area (Å²) in [7, 11) is -3.86. The molecule has 1 N–H and O–H groups in total. The highest BCUT2D eigenvalue weighted by molar-refractivity contribution is 7.92. The third-order valence-corrected chi connectivity index (χ3v) is 6.54. The summed E-state index contributed by atoms with van der Waals surface area (Å²) in [6, 6.07) is 13.7. The first kappa shape index (κ1) is 21.2. The Morgan fingerprint density at radius 1 is 1.14 bits per heavy atom. The Bertz CT molecular complexity index is 995. The second-order valence-corrected chi connectivity index (χ2v) is 10.4. The van der Waals surface area contributed by atoms with Crippen molar-refractivity contribution in [2.24, 2.45) is 0 Å². The largest absolute Gasteiger partial charge is 0.476 e. The lowest BCUT2D eigenvalue weighted by atomic mass is 9.86. The molecule has 156 valence electrons. The van der Waals surface area contributed by atoms with E-state index in [0.29, 0.717) is 11.4 Å². The monoisotopic (exact) mass is 416 g/mol. The molecule has 0 saturated heterocycles. The predicted molar refractivity (Wildman–Crippen MR) is 114 cm³/mol. The number of hydrogen-bond donors (Lipinski definition) is 1. The van der Waals surface area contributed by atoms with Crippen LogP contribution in [-0.4, -0.2) is 33.0 Å². The van der Waals surface area contributed by atoms with E-state index in [0.717, 1.165) is 5.56 Å². The molecule has 1 unspecified atom stereocenters. The quantitative estimate of drug-likeness (QED) is 0.828. The Hall–Kier alpha value is -2.54. The van der Waals surface area contributed by atoms with Gasteiger partial charge in [0.2, 0.25) is 0 Å². The van der Waals surface area contributed by atoms with Gasteiger partial charge in [0.1, 0.15) is 5.75 Å². The zero-order chi connectivity index (χ0) is 21.4. The lowest BCUT2D eigenvalue weighted by molar-refractivity contribution is -0.128. The van der Waals surface area contributed by atoms with E-state index in [-0.39, 0.29) is 28.8 Å². The fourth-order valence-corrected chi connectivity index (χ4v) is 4.67. The second kappa shape index (κ2) is 7.71. The first-order valence-electron chi connectivity index (χ1n) is 9.69. The highest BCUT2D eigenvalue weighted by Gasteiger charge is 2.38. The maximum absolute atomic E-state index is 13.4. The molecule has 2 aromatic rings. The lowest BCUT2D eigenvalue weighted by Gasteiger charge is -2.36. The molecule has 0 saturated carbocycles. The third-order valence-electron chi connectivity index (χ3n) is 4.75. The number of ether oxygens (including phenoxy) is 1. The number of anilines is 1. The van der Waals surface area contributed by atoms with E-state index >= 15 is 0 Å². The van der Waals surface area contributed by atoms with Gasteiger partial charge in [0.05, 0.1) is 17.1 Å². The normalized spacial score (nSPS) is 16.9. The Labute approximate surface area is 172 Å². The van der Waals surface area contributed by atoms with Crippen molar-refractivity contribution in [2.45, 2.75) is 57.1 Å². The van der Waals surface area contributed by atoms with Gasteiger partial charge >= 0.3 is 0 Å². The van der Waals surface area contributed by atoms with Crippen LogP contribution in [0.1, 0.15) is 40.2 Å². The van der Waals surface area contributed by atoms with E-state index in [4.69, 9.17) is 4.74 Å². The lowest BCUT2D eigenvalue weighted by Crippen LogP contribution is -2.51. The first-order chi connectivity index (χ1) is 13.5. The highest BCUT2D eigenvalue weighted by Crippen LogP contribution is 2.40. The molecule has 0 aliphatic carbocycles. The van der Waals surface area contributed by atoms with E-state index in [9.17, 15) is 13.2 Å². The van der Waals surface area contributed by atoms with Crippen LogP contribution >= 0.6 is 0 Å². The Morgan fingerprint density at radius 3 is 2.38 bits per heavy atom. The summed E-state index contributed by atoms with van der Waals surface area (Å²) in [5, 5.41) is 2.81. The van der Waals surface area contributed by atoms with Crippen LogP contribution in [0.4, 0.5) is 5.69 Å². The number of benzene rings is 2. The molecule has 0 aromatic heterocycles. The number of rotatable bonds is 4. The van der Waals surface area contributed by atoms with Crippen molar-refractivity contribution in [2.75, 3.05) is 10.8 Å². The topological polar surface area (TPSA) is 75.7 Å². The number of carbonyl (C=O) groups excluding carboxylic acids is 1. The summed E-state index contributed by atoms with van der Waals surface area (Å²) in [5.41, 5.74) is 1.27. The Morgan fingerprint density at radius 2 is 1.79 bits per heavy atom. The van der Waals surface area contributed by atoms with Crippen molar-refractivity contribution < 1.29 is 17.9 Å². The van der Waals surface area contributed by atoms with Gasteiger partial charge in [-0.3, -0.25) is 9.10 Å². The molecule has 0 radical (unpaired) electrons. The molecule has 1 heterocycles. The summed E-state index contributed by atoms with van der Waals surface area (Å²) < 4.78 is 34.1. The van der Waals surface area contributed by atoms with Gasteiger partial charge in [-0.15, -0.1) is 0 Å². The molecule has 1 aliphatic heterocycles. The van der Waals surface area contributed by atoms with Crippen LogP contribution in [0.3, 0.4) is 0 Å². The van der Waals surface area contributed by atoms with E-state index in [1.165, 1.54) is 4.31 Å². The van der Waals surface area contributed by atoms with Crippen molar-refractivity contribution in [1.29, 1.82) is 0 Å². The smallest absolute Gasteiger partial charge is 0.264 e. The molecule has 0 spiro atoms. The minimum absolute atomic E-state index is 0.0741. The third kappa shape index (κ3) is 4.40. The van der Waals surface area contributed by atoms with Gasteiger partial charge in [0, 0.05) is 6.04 Å². The molecule has 0 fully saturated rings. The molecule has 1 atom stereocenters. The molecular formula is C22H28N2O4S. The fourth-order valence-electron chi connectivity index (χ4n) is 3.18. The SMILES string of the molecule is CC(C)NC(=O)C1CN(S(=O)(=O)c2ccccc2)c2cc(C(C)(C)C)ccc2O1. The van der Waals surface area contributed by atoms with Crippen LogP contribution < -0.4 is 14.4 Å². The van der Waals surface area contributed by atoms with Gasteiger partial charge < -0.3 is 10.1 Å². The van der Waals surface area contributed by atoms with Crippen LogP contribution in [0.25, 0.3) is 0 Å². The molecule has 7 heteroatoms. The number of fused-ring (bicyclic) bond motifs is 1. The van der Waals surface area contributed by atoms with Crippen molar-refractivity contribution in [1.82, 2.24) is 5.32 Å². The van der Waals surface area contributed by atoms with Crippen LogP contribution in [0.2, 0.25) is 0 Å². The van der Waals surface area contributed by atoms with Gasteiger partial charge in [-0.25, -0.2) is 8.42 Å². The summed E-state index contributed by atoms with van der Waals surface area (Å²) in [6.45, 7) is 9.80. The molecule has 1 amide bonds. The van der Waals surface area contributed by atoms with Crippen molar-refractivity contribution in [3.05, 3.63) is 54.1 Å². The standard InChI is InChI=1S/C22H28N2O4S/c1-15(2)23-21(25)20-14-24(29(26,27)17-9-7-6-8-10-17)18-13-16(22(3,4)5)11-12-19(18)28-20/h6-13,15,20H,14H2,1-5H3,(H,23,25). The van der Waals surface area contributed by atoms with Gasteiger partial charge in [-0.2, -0.15) is 0 Å². The zero-order valence-electron chi connectivity index (χ0n) is 17.5. The number of sulfonamides is 1. The van der Waals surface area contributed by atoms with Crippen molar-refractivity contribution in [3.63, 3.8) is 0 Å². The first-order valence-corrected chi connectivity index (χ1v) is 11.1. The number of nitrogens with zero attached hydrogens (tertiary/aromatic N) is 1. The van der Waals surface area contributed by atoms with Gasteiger partial charge in [0.25, 0.3) is 15.9 Å². The number of carbonyl (C=O) groups is 1. The van der Waals surface area contributed by atoms with Gasteiger partial charge in [0.15, 0.2) is 6.10 Å². The van der Waals surface area contributed by atoms with E-state index in [1.807, 2.05) is 26.0 Å². The predicted octanol–water partition coefficient (Wildman–Crippen LogP) is 3.47. The summed E-state index contributed by atoms with van der Waals surface area (Å²) in [5.74, 6) is 0.0477. The van der Waals surface area contributed by atoms with Crippen LogP contribution in [-0.2, 0) is 20.2 Å².